The Morgan fingerprint density at radius 2 is 1.93 bits per heavy atom. The number of hydrogen-bond donors (Lipinski definition) is 2. The van der Waals surface area contributed by atoms with Crippen LogP contribution in [-0.2, 0) is 21.4 Å². The second kappa shape index (κ2) is 8.85. The number of ether oxygens (including phenoxy) is 1. The van der Waals surface area contributed by atoms with Gasteiger partial charge in [-0.2, -0.15) is 13.5 Å². The predicted octanol–water partition coefficient (Wildman–Crippen LogP) is 2.32. The number of nitrogens with zero attached hydrogens (tertiary/aromatic N) is 2. The van der Waals surface area contributed by atoms with Crippen LogP contribution in [0.1, 0.15) is 19.4 Å². The Morgan fingerprint density at radius 1 is 1.17 bits per heavy atom. The van der Waals surface area contributed by atoms with Gasteiger partial charge in [0, 0.05) is 6.54 Å². The van der Waals surface area contributed by atoms with Crippen molar-refractivity contribution in [1.29, 1.82) is 0 Å². The van der Waals surface area contributed by atoms with Crippen LogP contribution in [0.3, 0.4) is 0 Å². The maximum atomic E-state index is 13.0. The van der Waals surface area contributed by atoms with Gasteiger partial charge in [-0.25, -0.2) is 8.42 Å². The molecule has 1 amide bonds. The molecule has 0 saturated heterocycles. The maximum absolute atomic E-state index is 13.0. The van der Waals surface area contributed by atoms with Crippen LogP contribution in [0.4, 0.5) is 0 Å². The second-order valence-electron chi connectivity index (χ2n) is 6.80. The number of hydrogen-bond acceptors (Lipinski definition) is 7. The third kappa shape index (κ3) is 4.89. The Morgan fingerprint density at radius 3 is 2.66 bits per heavy atom. The normalized spacial score (nSPS) is 12.8. The molecular weight excluding hydrogens is 412 g/mol. The summed E-state index contributed by atoms with van der Waals surface area (Å²) >= 11 is 0.942. The minimum atomic E-state index is -3.97. The molecular formula is C19H22N4O4S2. The number of carbonyl (C=O) groups is 1. The van der Waals surface area contributed by atoms with Crippen molar-refractivity contribution in [3.63, 3.8) is 0 Å². The molecule has 0 unspecified atom stereocenters. The summed E-state index contributed by atoms with van der Waals surface area (Å²) in [5.41, 5.74) is 1.65. The Labute approximate surface area is 173 Å². The Hall–Kier alpha value is -2.56. The average molecular weight is 435 g/mol. The molecule has 2 aromatic carbocycles. The summed E-state index contributed by atoms with van der Waals surface area (Å²) < 4.78 is 41.7. The van der Waals surface area contributed by atoms with Gasteiger partial charge in [-0.05, 0) is 35.7 Å². The second-order valence-corrected chi connectivity index (χ2v) is 9.01. The largest absolute Gasteiger partial charge is 0.497 e. The van der Waals surface area contributed by atoms with Gasteiger partial charge in [0.05, 0.1) is 18.8 Å². The maximum Gasteiger partial charge on any atom is 0.243 e. The molecule has 3 aromatic rings. The van der Waals surface area contributed by atoms with Crippen LogP contribution in [-0.4, -0.2) is 36.2 Å². The molecule has 0 aliphatic carbocycles. The van der Waals surface area contributed by atoms with Crippen LogP contribution in [0.2, 0.25) is 0 Å². The SMILES string of the molecule is COc1cccc(CNC(=O)[C@H](NS(=O)(=O)c2cccc3nsnc23)C(C)C)c1. The fraction of sp³-hybridized carbons (Fsp3) is 0.316. The van der Waals surface area contributed by atoms with Gasteiger partial charge in [-0.1, -0.05) is 32.0 Å². The summed E-state index contributed by atoms with van der Waals surface area (Å²) in [7, 11) is -2.40. The monoisotopic (exact) mass is 434 g/mol. The van der Waals surface area contributed by atoms with Crippen molar-refractivity contribution in [2.75, 3.05) is 7.11 Å². The zero-order valence-electron chi connectivity index (χ0n) is 16.2. The molecule has 10 heteroatoms. The molecule has 8 nitrogen and oxygen atoms in total. The lowest BCUT2D eigenvalue weighted by Crippen LogP contribution is -2.49. The highest BCUT2D eigenvalue weighted by molar-refractivity contribution is 7.89. The molecule has 0 aliphatic rings. The van der Waals surface area contributed by atoms with Gasteiger partial charge in [0.15, 0.2) is 0 Å². The van der Waals surface area contributed by atoms with Crippen molar-refractivity contribution in [1.82, 2.24) is 18.8 Å². The van der Waals surface area contributed by atoms with Crippen LogP contribution < -0.4 is 14.8 Å². The smallest absolute Gasteiger partial charge is 0.243 e. The van der Waals surface area contributed by atoms with Crippen LogP contribution in [0, 0.1) is 5.92 Å². The highest BCUT2D eigenvalue weighted by Gasteiger charge is 2.29. The number of amides is 1. The van der Waals surface area contributed by atoms with Crippen LogP contribution >= 0.6 is 11.7 Å². The van der Waals surface area contributed by atoms with Gasteiger partial charge in [0.1, 0.15) is 27.7 Å². The number of benzene rings is 2. The molecule has 3 rings (SSSR count). The Bertz CT molecular complexity index is 1110. The third-order valence-corrected chi connectivity index (χ3v) is 6.39. The Balaban J connectivity index is 1.76. The lowest BCUT2D eigenvalue weighted by atomic mass is 10.0. The molecule has 0 fully saturated rings. The summed E-state index contributed by atoms with van der Waals surface area (Å²) in [5, 5.41) is 2.79. The van der Waals surface area contributed by atoms with E-state index < -0.39 is 22.0 Å². The van der Waals surface area contributed by atoms with E-state index >= 15 is 0 Å². The first kappa shape index (κ1) is 21.2. The van der Waals surface area contributed by atoms with Gasteiger partial charge in [-0.15, -0.1) is 0 Å². The Kier molecular flexibility index (Phi) is 6.46. The molecule has 29 heavy (non-hydrogen) atoms. The highest BCUT2D eigenvalue weighted by Crippen LogP contribution is 2.22. The minimum absolute atomic E-state index is 0.00926. The fourth-order valence-electron chi connectivity index (χ4n) is 2.80. The lowest BCUT2D eigenvalue weighted by Gasteiger charge is -2.22. The van der Waals surface area contributed by atoms with Gasteiger partial charge < -0.3 is 10.1 Å². The van der Waals surface area contributed by atoms with E-state index in [-0.39, 0.29) is 17.4 Å². The molecule has 0 spiro atoms. The topological polar surface area (TPSA) is 110 Å². The standard InChI is InChI=1S/C19H22N4O4S2/c1-12(2)17(19(24)20-11-13-6-4-7-14(10-13)27-3)23-29(25,26)16-9-5-8-15-18(16)22-28-21-15/h4-10,12,17,23H,11H2,1-3H3,(H,20,24)/t17-/m1/s1. The molecule has 154 valence electrons. The minimum Gasteiger partial charge on any atom is -0.497 e. The van der Waals surface area contributed by atoms with Crippen molar-refractivity contribution < 1.29 is 17.9 Å². The first-order valence-corrected chi connectivity index (χ1v) is 11.2. The summed E-state index contributed by atoms with van der Waals surface area (Å²) in [4.78, 5) is 12.7. The first-order chi connectivity index (χ1) is 13.8. The van der Waals surface area contributed by atoms with E-state index in [2.05, 4.69) is 18.8 Å². The number of methoxy groups -OCH3 is 1. The molecule has 0 bridgehead atoms. The third-order valence-electron chi connectivity index (χ3n) is 4.37. The summed E-state index contributed by atoms with van der Waals surface area (Å²) in [6.07, 6.45) is 0. The zero-order chi connectivity index (χ0) is 21.0. The highest BCUT2D eigenvalue weighted by atomic mass is 32.2. The quantitative estimate of drug-likeness (QED) is 0.563. The molecule has 0 aliphatic heterocycles. The summed E-state index contributed by atoms with van der Waals surface area (Å²) in [5.74, 6) is 0.0145. The molecule has 1 aromatic heterocycles. The zero-order valence-corrected chi connectivity index (χ0v) is 17.9. The fourth-order valence-corrected chi connectivity index (χ4v) is 4.91. The molecule has 0 radical (unpaired) electrons. The van der Waals surface area contributed by atoms with Crippen molar-refractivity contribution in [2.45, 2.75) is 31.3 Å². The van der Waals surface area contributed by atoms with E-state index in [1.165, 1.54) is 6.07 Å². The predicted molar refractivity (Wildman–Crippen MR) is 111 cm³/mol. The van der Waals surface area contributed by atoms with Crippen LogP contribution in [0.15, 0.2) is 47.4 Å². The van der Waals surface area contributed by atoms with E-state index in [9.17, 15) is 13.2 Å². The van der Waals surface area contributed by atoms with E-state index in [4.69, 9.17) is 4.74 Å². The van der Waals surface area contributed by atoms with Gasteiger partial charge in [0.2, 0.25) is 15.9 Å². The first-order valence-electron chi connectivity index (χ1n) is 8.96. The number of carbonyl (C=O) groups excluding carboxylic acids is 1. The molecule has 0 saturated carbocycles. The van der Waals surface area contributed by atoms with Crippen molar-refractivity contribution >= 4 is 38.7 Å². The van der Waals surface area contributed by atoms with Gasteiger partial charge in [-0.3, -0.25) is 4.79 Å². The average Bonchev–Trinajstić information content (AvgIpc) is 3.19. The van der Waals surface area contributed by atoms with Crippen LogP contribution in [0.25, 0.3) is 11.0 Å². The number of fused-ring (bicyclic) bond motifs is 1. The summed E-state index contributed by atoms with van der Waals surface area (Å²) in [6.45, 7) is 3.82. The number of rotatable bonds is 8. The van der Waals surface area contributed by atoms with E-state index in [1.54, 1.807) is 33.1 Å². The number of sulfonamides is 1. The molecule has 1 atom stereocenters. The van der Waals surface area contributed by atoms with E-state index in [0.29, 0.717) is 16.8 Å². The molecule has 1 heterocycles. The van der Waals surface area contributed by atoms with Crippen molar-refractivity contribution in [3.05, 3.63) is 48.0 Å². The van der Waals surface area contributed by atoms with Crippen molar-refractivity contribution in [3.8, 4) is 5.75 Å². The summed E-state index contributed by atoms with van der Waals surface area (Å²) in [6, 6.07) is 11.1. The molecule has 2 N–H and O–H groups in total. The number of nitrogens with one attached hydrogen (secondary N) is 2. The lowest BCUT2D eigenvalue weighted by molar-refractivity contribution is -0.123. The number of aromatic nitrogens is 2. The van der Waals surface area contributed by atoms with E-state index in [0.717, 1.165) is 17.3 Å². The van der Waals surface area contributed by atoms with Crippen LogP contribution in [0.5, 0.6) is 5.75 Å². The van der Waals surface area contributed by atoms with Gasteiger partial charge in [0.25, 0.3) is 0 Å². The van der Waals surface area contributed by atoms with Crippen molar-refractivity contribution in [2.24, 2.45) is 5.92 Å². The van der Waals surface area contributed by atoms with Gasteiger partial charge >= 0.3 is 0 Å². The van der Waals surface area contributed by atoms with E-state index in [1.807, 2.05) is 24.3 Å².